The summed E-state index contributed by atoms with van der Waals surface area (Å²) in [4.78, 5) is 40.9. The summed E-state index contributed by atoms with van der Waals surface area (Å²) < 4.78 is 10.2. The molecule has 0 aromatic heterocycles. The van der Waals surface area contributed by atoms with Crippen molar-refractivity contribution in [2.24, 2.45) is 0 Å². The number of hydrogen-bond donors (Lipinski definition) is 2. The van der Waals surface area contributed by atoms with Gasteiger partial charge in [-0.25, -0.2) is 9.59 Å². The van der Waals surface area contributed by atoms with Gasteiger partial charge in [-0.2, -0.15) is 0 Å². The number of aliphatic hydroxyl groups is 1. The molecule has 11 heteroatoms. The van der Waals surface area contributed by atoms with Crippen LogP contribution in [0, 0.1) is 6.92 Å². The lowest BCUT2D eigenvalue weighted by molar-refractivity contribution is -0.142. The molecule has 0 aliphatic carbocycles. The number of ether oxygens (including phenoxy) is 2. The van der Waals surface area contributed by atoms with Crippen molar-refractivity contribution in [1.29, 1.82) is 0 Å². The summed E-state index contributed by atoms with van der Waals surface area (Å²) in [6, 6.07) is 3.54. The van der Waals surface area contributed by atoms with E-state index in [9.17, 15) is 19.5 Å². The normalized spacial score (nSPS) is 22.4. The maximum Gasteiger partial charge on any atom is 0.338 e. The summed E-state index contributed by atoms with van der Waals surface area (Å²) in [6.45, 7) is 7.01. The fourth-order valence-electron chi connectivity index (χ4n) is 5.43. The van der Waals surface area contributed by atoms with E-state index in [0.29, 0.717) is 62.4 Å². The molecular formula is C24H31Cl2N3O6. The van der Waals surface area contributed by atoms with Gasteiger partial charge in [0.2, 0.25) is 5.91 Å². The summed E-state index contributed by atoms with van der Waals surface area (Å²) in [5.41, 5.74) is 3.67. The standard InChI is InChI=1S/C24H29N3O6.2ClH/c1-14-16(3-4-17-18(14)12-32-22(17)30)20(28)11-26-8-5-24(6-9-26)23(31)27(10-7-25-24)19-13-33-21(29)15(19)2;;/h3-4,20,25,28H,5-13H2,1-2H3;2*1H. The Hall–Kier alpha value is -2.17. The number of cyclic esters (lactones) is 2. The highest BCUT2D eigenvalue weighted by Gasteiger charge is 2.47. The van der Waals surface area contributed by atoms with E-state index in [1.807, 2.05) is 13.0 Å². The number of aliphatic hydroxyl groups excluding tert-OH is 1. The number of fused-ring (bicyclic) bond motifs is 1. The van der Waals surface area contributed by atoms with E-state index in [1.54, 1.807) is 17.9 Å². The predicted octanol–water partition coefficient (Wildman–Crippen LogP) is 1.64. The number of hydrogen-bond acceptors (Lipinski definition) is 8. The molecule has 2 N–H and O–H groups in total. The first-order chi connectivity index (χ1) is 15.8. The minimum absolute atomic E-state index is 0. The quantitative estimate of drug-likeness (QED) is 0.569. The number of nitrogens with zero attached hydrogens (tertiary/aromatic N) is 2. The molecule has 4 aliphatic heterocycles. The number of benzene rings is 1. The molecule has 2 saturated heterocycles. The molecule has 4 aliphatic rings. The molecule has 0 bridgehead atoms. The van der Waals surface area contributed by atoms with E-state index in [1.165, 1.54) is 0 Å². The zero-order chi connectivity index (χ0) is 23.3. The van der Waals surface area contributed by atoms with Gasteiger partial charge in [0.1, 0.15) is 18.8 Å². The molecular weight excluding hydrogens is 497 g/mol. The maximum absolute atomic E-state index is 13.4. The van der Waals surface area contributed by atoms with Crippen LogP contribution in [0.5, 0.6) is 0 Å². The molecule has 4 heterocycles. The SMILES string of the molecule is CC1=C(N2CCNC3(CCN(CC(O)c4ccc5c(c4C)COC5=O)CC3)C2=O)COC1=O.Cl.Cl. The monoisotopic (exact) mass is 527 g/mol. The van der Waals surface area contributed by atoms with Crippen LogP contribution >= 0.6 is 24.8 Å². The number of amides is 1. The molecule has 192 valence electrons. The summed E-state index contributed by atoms with van der Waals surface area (Å²) in [7, 11) is 0. The number of halogens is 2. The van der Waals surface area contributed by atoms with Crippen molar-refractivity contribution in [3.63, 3.8) is 0 Å². The first-order valence-corrected chi connectivity index (χ1v) is 11.4. The molecule has 0 radical (unpaired) electrons. The van der Waals surface area contributed by atoms with E-state index in [4.69, 9.17) is 9.47 Å². The predicted molar refractivity (Wildman–Crippen MR) is 132 cm³/mol. The number of carbonyl (C=O) groups excluding carboxylic acids is 3. The summed E-state index contributed by atoms with van der Waals surface area (Å²) in [6.07, 6.45) is 0.560. The van der Waals surface area contributed by atoms with Gasteiger partial charge in [0, 0.05) is 38.3 Å². The smallest absolute Gasteiger partial charge is 0.338 e. The van der Waals surface area contributed by atoms with Gasteiger partial charge >= 0.3 is 11.9 Å². The minimum atomic E-state index is -0.693. The van der Waals surface area contributed by atoms with Crippen LogP contribution in [0.1, 0.15) is 52.9 Å². The molecule has 0 saturated carbocycles. The lowest BCUT2D eigenvalue weighted by atomic mass is 9.83. The van der Waals surface area contributed by atoms with Gasteiger partial charge in [0.15, 0.2) is 0 Å². The van der Waals surface area contributed by atoms with Crippen molar-refractivity contribution in [3.05, 3.63) is 45.7 Å². The lowest BCUT2D eigenvalue weighted by Crippen LogP contribution is -2.67. The topological polar surface area (TPSA) is 108 Å². The Morgan fingerprint density at radius 2 is 1.71 bits per heavy atom. The summed E-state index contributed by atoms with van der Waals surface area (Å²) in [5, 5.41) is 14.4. The van der Waals surface area contributed by atoms with Crippen LogP contribution in [0.2, 0.25) is 0 Å². The van der Waals surface area contributed by atoms with Gasteiger partial charge in [-0.3, -0.25) is 4.79 Å². The highest BCUT2D eigenvalue weighted by atomic mass is 35.5. The number of β-amino-alcohol motifs (C(OH)–C–C–N with tert-alkyl or cyclic N) is 1. The van der Waals surface area contributed by atoms with Gasteiger partial charge in [-0.15, -0.1) is 24.8 Å². The molecule has 1 atom stereocenters. The first kappa shape index (κ1) is 27.4. The summed E-state index contributed by atoms with van der Waals surface area (Å²) >= 11 is 0. The van der Waals surface area contributed by atoms with Crippen LogP contribution < -0.4 is 5.32 Å². The Labute approximate surface area is 216 Å². The van der Waals surface area contributed by atoms with Crippen LogP contribution in [0.15, 0.2) is 23.4 Å². The zero-order valence-corrected chi connectivity index (χ0v) is 21.4. The van der Waals surface area contributed by atoms with Crippen molar-refractivity contribution < 1.29 is 29.0 Å². The number of piperazine rings is 1. The molecule has 35 heavy (non-hydrogen) atoms. The van der Waals surface area contributed by atoms with Crippen molar-refractivity contribution in [3.8, 4) is 0 Å². The number of likely N-dealkylation sites (tertiary alicyclic amines) is 1. The number of piperidine rings is 1. The van der Waals surface area contributed by atoms with E-state index in [0.717, 1.165) is 16.7 Å². The van der Waals surface area contributed by atoms with Crippen molar-refractivity contribution in [2.45, 2.75) is 44.9 Å². The van der Waals surface area contributed by atoms with Gasteiger partial charge in [-0.1, -0.05) is 6.07 Å². The highest BCUT2D eigenvalue weighted by molar-refractivity contribution is 5.95. The van der Waals surface area contributed by atoms with Crippen molar-refractivity contribution in [2.75, 3.05) is 39.3 Å². The first-order valence-electron chi connectivity index (χ1n) is 11.4. The van der Waals surface area contributed by atoms with Crippen molar-refractivity contribution in [1.82, 2.24) is 15.1 Å². The van der Waals surface area contributed by atoms with E-state index in [-0.39, 0.29) is 55.9 Å². The Morgan fingerprint density at radius 1 is 1.03 bits per heavy atom. The second-order valence-corrected chi connectivity index (χ2v) is 9.31. The van der Waals surface area contributed by atoms with Gasteiger partial charge < -0.3 is 29.7 Å². The number of rotatable bonds is 4. The molecule has 1 unspecified atom stereocenters. The third-order valence-electron chi connectivity index (χ3n) is 7.57. The maximum atomic E-state index is 13.4. The number of nitrogens with one attached hydrogen (secondary N) is 1. The van der Waals surface area contributed by atoms with Crippen LogP contribution in [0.4, 0.5) is 0 Å². The van der Waals surface area contributed by atoms with E-state index in [2.05, 4.69) is 10.2 Å². The molecule has 2 fully saturated rings. The molecule has 1 aromatic rings. The van der Waals surface area contributed by atoms with Gasteiger partial charge in [0.25, 0.3) is 0 Å². The Bertz CT molecular complexity index is 1070. The lowest BCUT2D eigenvalue weighted by Gasteiger charge is -2.47. The molecule has 1 spiro atoms. The Kier molecular flexibility index (Phi) is 8.18. The van der Waals surface area contributed by atoms with Crippen molar-refractivity contribution >= 4 is 42.7 Å². The van der Waals surface area contributed by atoms with Crippen LogP contribution in [0.25, 0.3) is 0 Å². The molecule has 1 amide bonds. The average molecular weight is 528 g/mol. The van der Waals surface area contributed by atoms with E-state index < -0.39 is 11.6 Å². The fourth-order valence-corrected chi connectivity index (χ4v) is 5.43. The van der Waals surface area contributed by atoms with Crippen LogP contribution in [0.3, 0.4) is 0 Å². The Morgan fingerprint density at radius 3 is 2.37 bits per heavy atom. The third-order valence-corrected chi connectivity index (χ3v) is 7.57. The second kappa shape index (κ2) is 10.4. The second-order valence-electron chi connectivity index (χ2n) is 9.31. The third kappa shape index (κ3) is 4.68. The summed E-state index contributed by atoms with van der Waals surface area (Å²) in [5.74, 6) is -0.665. The zero-order valence-electron chi connectivity index (χ0n) is 19.8. The molecule has 1 aromatic carbocycles. The van der Waals surface area contributed by atoms with E-state index >= 15 is 0 Å². The van der Waals surface area contributed by atoms with Gasteiger partial charge in [0.05, 0.1) is 22.9 Å². The average Bonchev–Trinajstić information content (AvgIpc) is 3.35. The highest BCUT2D eigenvalue weighted by Crippen LogP contribution is 2.33. The van der Waals surface area contributed by atoms with Gasteiger partial charge in [-0.05, 0) is 43.9 Å². The molecule has 5 rings (SSSR count). The largest absolute Gasteiger partial charge is 0.457 e. The number of carbonyl (C=O) groups is 3. The Balaban J connectivity index is 0.00000171. The number of esters is 2. The van der Waals surface area contributed by atoms with Crippen LogP contribution in [-0.4, -0.2) is 77.6 Å². The molecule has 9 nitrogen and oxygen atoms in total. The minimum Gasteiger partial charge on any atom is -0.457 e. The van der Waals surface area contributed by atoms with Crippen LogP contribution in [-0.2, 0) is 25.7 Å². The fraction of sp³-hybridized carbons (Fsp3) is 0.542.